The Bertz CT molecular complexity index is 426. The first-order chi connectivity index (χ1) is 8.66. The highest BCUT2D eigenvalue weighted by atomic mass is 16.4. The van der Waals surface area contributed by atoms with Gasteiger partial charge in [0.1, 0.15) is 0 Å². The molecular weight excluding hydrogens is 230 g/mol. The fraction of sp³-hybridized carbons (Fsp3) is 0.615. The highest BCUT2D eigenvalue weighted by Crippen LogP contribution is 2.20. The Kier molecular flexibility index (Phi) is 4.12. The Morgan fingerprint density at radius 2 is 2.00 bits per heavy atom. The number of aromatic carboxylic acids is 1. The van der Waals surface area contributed by atoms with Gasteiger partial charge in [-0.2, -0.15) is 0 Å². The molecule has 98 valence electrons. The van der Waals surface area contributed by atoms with Crippen LogP contribution in [0.3, 0.4) is 0 Å². The van der Waals surface area contributed by atoms with Crippen LogP contribution in [0.2, 0.25) is 0 Å². The molecule has 1 saturated carbocycles. The summed E-state index contributed by atoms with van der Waals surface area (Å²) in [6.07, 6.45) is 8.75. The van der Waals surface area contributed by atoms with Crippen LogP contribution >= 0.6 is 0 Å². The van der Waals surface area contributed by atoms with Crippen LogP contribution in [0, 0.1) is 6.92 Å². The molecule has 0 saturated heterocycles. The molecule has 5 nitrogen and oxygen atoms in total. The number of anilines is 1. The van der Waals surface area contributed by atoms with Crippen molar-refractivity contribution in [3.63, 3.8) is 0 Å². The Morgan fingerprint density at radius 3 is 2.56 bits per heavy atom. The van der Waals surface area contributed by atoms with E-state index >= 15 is 0 Å². The minimum absolute atomic E-state index is 0.168. The Hall–Kier alpha value is -1.65. The number of carboxylic acid groups (broad SMARTS) is 1. The average Bonchev–Trinajstić information content (AvgIpc) is 2.57. The first-order valence-electron chi connectivity index (χ1n) is 6.50. The molecule has 0 atom stereocenters. The number of aryl methyl sites for hydroxylation is 1. The van der Waals surface area contributed by atoms with Gasteiger partial charge in [-0.25, -0.2) is 14.8 Å². The number of carboxylic acids is 1. The third-order valence-corrected chi connectivity index (χ3v) is 3.40. The molecule has 2 N–H and O–H groups in total. The Morgan fingerprint density at radius 1 is 1.33 bits per heavy atom. The van der Waals surface area contributed by atoms with Gasteiger partial charge in [-0.3, -0.25) is 0 Å². The molecule has 0 spiro atoms. The molecule has 0 bridgehead atoms. The van der Waals surface area contributed by atoms with Gasteiger partial charge in [-0.1, -0.05) is 25.7 Å². The van der Waals surface area contributed by atoms with Gasteiger partial charge in [-0.05, 0) is 19.8 Å². The number of nitrogens with zero attached hydrogens (tertiary/aromatic N) is 2. The molecule has 1 aliphatic rings. The van der Waals surface area contributed by atoms with Crippen molar-refractivity contribution in [2.75, 3.05) is 5.32 Å². The van der Waals surface area contributed by atoms with Crippen molar-refractivity contribution >= 4 is 11.9 Å². The summed E-state index contributed by atoms with van der Waals surface area (Å²) in [6.45, 7) is 1.70. The summed E-state index contributed by atoms with van der Waals surface area (Å²) < 4.78 is 0. The smallest absolute Gasteiger partial charge is 0.339 e. The molecule has 0 radical (unpaired) electrons. The summed E-state index contributed by atoms with van der Waals surface area (Å²) in [5.41, 5.74) is 0.676. The summed E-state index contributed by atoms with van der Waals surface area (Å²) in [4.78, 5) is 19.2. The lowest BCUT2D eigenvalue weighted by molar-refractivity contribution is 0.0695. The topological polar surface area (TPSA) is 75.1 Å². The quantitative estimate of drug-likeness (QED) is 0.805. The van der Waals surface area contributed by atoms with E-state index < -0.39 is 5.97 Å². The molecule has 1 heterocycles. The molecule has 2 rings (SSSR count). The SMILES string of the molecule is Cc1nc(NC2CCCCCC2)ncc1C(=O)O. The van der Waals surface area contributed by atoms with Gasteiger partial charge >= 0.3 is 5.97 Å². The van der Waals surface area contributed by atoms with Crippen molar-refractivity contribution in [2.24, 2.45) is 0 Å². The van der Waals surface area contributed by atoms with E-state index in [1.165, 1.54) is 31.9 Å². The average molecular weight is 249 g/mol. The van der Waals surface area contributed by atoms with Crippen LogP contribution in [0.25, 0.3) is 0 Å². The van der Waals surface area contributed by atoms with E-state index in [4.69, 9.17) is 5.11 Å². The second-order valence-corrected chi connectivity index (χ2v) is 4.83. The maximum Gasteiger partial charge on any atom is 0.339 e. The van der Waals surface area contributed by atoms with E-state index in [9.17, 15) is 4.79 Å². The third-order valence-electron chi connectivity index (χ3n) is 3.40. The lowest BCUT2D eigenvalue weighted by Gasteiger charge is -2.16. The number of nitrogens with one attached hydrogen (secondary N) is 1. The van der Waals surface area contributed by atoms with Gasteiger partial charge in [0, 0.05) is 12.2 Å². The fourth-order valence-corrected chi connectivity index (χ4v) is 2.35. The molecule has 0 aromatic carbocycles. The lowest BCUT2D eigenvalue weighted by Crippen LogP contribution is -2.20. The summed E-state index contributed by atoms with van der Waals surface area (Å²) in [5, 5.41) is 12.2. The number of rotatable bonds is 3. The molecule has 0 unspecified atom stereocenters. The van der Waals surface area contributed by atoms with Gasteiger partial charge < -0.3 is 10.4 Å². The minimum atomic E-state index is -0.978. The molecule has 5 heteroatoms. The molecule has 18 heavy (non-hydrogen) atoms. The first kappa shape index (κ1) is 12.8. The molecule has 1 aromatic rings. The molecule has 0 aliphatic heterocycles. The van der Waals surface area contributed by atoms with E-state index in [1.54, 1.807) is 6.92 Å². The summed E-state index contributed by atoms with van der Waals surface area (Å²) >= 11 is 0. The normalized spacial score (nSPS) is 17.2. The summed E-state index contributed by atoms with van der Waals surface area (Å²) in [6, 6.07) is 0.419. The Labute approximate surface area is 107 Å². The van der Waals surface area contributed by atoms with Crippen molar-refractivity contribution in [1.29, 1.82) is 0 Å². The standard InChI is InChI=1S/C13H19N3O2/c1-9-11(12(17)18)8-14-13(15-9)16-10-6-4-2-3-5-7-10/h8,10H,2-7H2,1H3,(H,17,18)(H,14,15,16). The zero-order valence-electron chi connectivity index (χ0n) is 10.6. The number of aromatic nitrogens is 2. The predicted octanol–water partition coefficient (Wildman–Crippen LogP) is 2.62. The van der Waals surface area contributed by atoms with Crippen LogP contribution in [-0.4, -0.2) is 27.1 Å². The van der Waals surface area contributed by atoms with Gasteiger partial charge in [0.05, 0.1) is 11.3 Å². The van der Waals surface area contributed by atoms with Crippen molar-refractivity contribution in [3.8, 4) is 0 Å². The van der Waals surface area contributed by atoms with Crippen LogP contribution in [0.1, 0.15) is 54.6 Å². The van der Waals surface area contributed by atoms with Gasteiger partial charge in [0.2, 0.25) is 5.95 Å². The number of carbonyl (C=O) groups is 1. The van der Waals surface area contributed by atoms with Crippen molar-refractivity contribution in [2.45, 2.75) is 51.5 Å². The van der Waals surface area contributed by atoms with Crippen LogP contribution in [-0.2, 0) is 0 Å². The first-order valence-corrected chi connectivity index (χ1v) is 6.50. The maximum absolute atomic E-state index is 10.9. The van der Waals surface area contributed by atoms with E-state index in [2.05, 4.69) is 15.3 Å². The van der Waals surface area contributed by atoms with Gasteiger partial charge in [0.25, 0.3) is 0 Å². The van der Waals surface area contributed by atoms with E-state index in [-0.39, 0.29) is 5.56 Å². The predicted molar refractivity (Wildman–Crippen MR) is 68.8 cm³/mol. The second kappa shape index (κ2) is 5.80. The van der Waals surface area contributed by atoms with Crippen LogP contribution < -0.4 is 5.32 Å². The third kappa shape index (κ3) is 3.18. The van der Waals surface area contributed by atoms with Crippen LogP contribution in [0.5, 0.6) is 0 Å². The summed E-state index contributed by atoms with van der Waals surface area (Å²) in [7, 11) is 0. The molecule has 0 amide bonds. The van der Waals surface area contributed by atoms with E-state index in [0.29, 0.717) is 17.7 Å². The van der Waals surface area contributed by atoms with Crippen molar-refractivity contribution in [1.82, 2.24) is 9.97 Å². The number of hydrogen-bond acceptors (Lipinski definition) is 4. The van der Waals surface area contributed by atoms with E-state index in [0.717, 1.165) is 12.8 Å². The minimum Gasteiger partial charge on any atom is -0.478 e. The Balaban J connectivity index is 2.05. The molecule has 1 aliphatic carbocycles. The number of hydrogen-bond donors (Lipinski definition) is 2. The van der Waals surface area contributed by atoms with Crippen molar-refractivity contribution in [3.05, 3.63) is 17.5 Å². The highest BCUT2D eigenvalue weighted by molar-refractivity contribution is 5.88. The van der Waals surface area contributed by atoms with Crippen LogP contribution in [0.4, 0.5) is 5.95 Å². The summed E-state index contributed by atoms with van der Waals surface area (Å²) in [5.74, 6) is -0.432. The maximum atomic E-state index is 10.9. The largest absolute Gasteiger partial charge is 0.478 e. The van der Waals surface area contributed by atoms with Gasteiger partial charge in [-0.15, -0.1) is 0 Å². The van der Waals surface area contributed by atoms with E-state index in [1.807, 2.05) is 0 Å². The lowest BCUT2D eigenvalue weighted by atomic mass is 10.1. The molecule has 1 aromatic heterocycles. The fourth-order valence-electron chi connectivity index (χ4n) is 2.35. The zero-order valence-corrected chi connectivity index (χ0v) is 10.6. The van der Waals surface area contributed by atoms with Crippen LogP contribution in [0.15, 0.2) is 6.20 Å². The molecule has 1 fully saturated rings. The highest BCUT2D eigenvalue weighted by Gasteiger charge is 2.15. The monoisotopic (exact) mass is 249 g/mol. The zero-order chi connectivity index (χ0) is 13.0. The second-order valence-electron chi connectivity index (χ2n) is 4.83. The molecular formula is C13H19N3O2. The van der Waals surface area contributed by atoms with Crippen molar-refractivity contribution < 1.29 is 9.90 Å². The van der Waals surface area contributed by atoms with Gasteiger partial charge in [0.15, 0.2) is 0 Å².